The lowest BCUT2D eigenvalue weighted by Crippen LogP contribution is -2.50. The maximum atomic E-state index is 5.46. The average Bonchev–Trinajstić information content (AvgIpc) is 1.31. The Morgan fingerprint density at radius 2 is 1.38 bits per heavy atom. The van der Waals surface area contributed by atoms with Gasteiger partial charge in [-0.3, -0.25) is 0 Å². The molecule has 0 bridgehead atoms. The predicted molar refractivity (Wildman–Crippen MR) is 38.9 cm³/mol. The highest BCUT2D eigenvalue weighted by Crippen LogP contribution is 2.03. The summed E-state index contributed by atoms with van der Waals surface area (Å²) in [6, 6.07) is 0. The van der Waals surface area contributed by atoms with Crippen LogP contribution in [0.5, 0.6) is 0 Å². The summed E-state index contributed by atoms with van der Waals surface area (Å²) in [5.41, 5.74) is 10.4. The van der Waals surface area contributed by atoms with Crippen molar-refractivity contribution in [3.8, 4) is 0 Å². The Labute approximate surface area is 57.0 Å². The summed E-state index contributed by atoms with van der Waals surface area (Å²) in [6.45, 7) is 5.82. The third-order valence-electron chi connectivity index (χ3n) is 1.24. The molecule has 0 aromatic carbocycles. The molecule has 0 rings (SSSR count). The lowest BCUT2D eigenvalue weighted by molar-refractivity contribution is 0.353. The maximum Gasteiger partial charge on any atom is 0.0631 e. The molecule has 0 unspecified atom stereocenters. The van der Waals surface area contributed by atoms with Crippen LogP contribution in [0.2, 0.25) is 0 Å². The van der Waals surface area contributed by atoms with Gasteiger partial charge in [0.05, 0.1) is 5.66 Å². The van der Waals surface area contributed by atoms with Crippen LogP contribution in [0, 0.1) is 5.92 Å². The van der Waals surface area contributed by atoms with Gasteiger partial charge in [-0.2, -0.15) is 0 Å². The zero-order chi connectivity index (χ0) is 6.08. The first kappa shape index (κ1) is 11.1. The Balaban J connectivity index is 0. The van der Waals surface area contributed by atoms with Gasteiger partial charge in [-0.15, -0.1) is 12.4 Å². The van der Waals surface area contributed by atoms with Crippen molar-refractivity contribution in [2.45, 2.75) is 26.4 Å². The molecule has 0 radical (unpaired) electrons. The van der Waals surface area contributed by atoms with E-state index in [1.54, 1.807) is 0 Å². The van der Waals surface area contributed by atoms with Crippen LogP contribution < -0.4 is 11.5 Å². The van der Waals surface area contributed by atoms with E-state index in [0.717, 1.165) is 0 Å². The molecule has 0 aliphatic carbocycles. The Kier molecular flexibility index (Phi) is 4.53. The molecule has 0 aliphatic heterocycles. The third-order valence-corrected chi connectivity index (χ3v) is 1.24. The molecule has 0 spiro atoms. The van der Waals surface area contributed by atoms with Gasteiger partial charge in [0, 0.05) is 0 Å². The van der Waals surface area contributed by atoms with Gasteiger partial charge in [-0.1, -0.05) is 13.8 Å². The third kappa shape index (κ3) is 4.37. The quantitative estimate of drug-likeness (QED) is 0.524. The van der Waals surface area contributed by atoms with Crippen molar-refractivity contribution in [3.05, 3.63) is 0 Å². The highest BCUT2D eigenvalue weighted by Gasteiger charge is 2.14. The van der Waals surface area contributed by atoms with Gasteiger partial charge in [-0.05, 0) is 12.8 Å². The molecular formula is C5H15ClN2. The first-order chi connectivity index (χ1) is 2.94. The first-order valence-corrected chi connectivity index (χ1v) is 2.52. The second-order valence-corrected chi connectivity index (χ2v) is 2.52. The van der Waals surface area contributed by atoms with Gasteiger partial charge in [0.15, 0.2) is 0 Å². The number of nitrogens with two attached hydrogens (primary N) is 2. The summed E-state index contributed by atoms with van der Waals surface area (Å²) in [5, 5.41) is 0. The second-order valence-electron chi connectivity index (χ2n) is 2.52. The molecule has 0 aromatic rings. The van der Waals surface area contributed by atoms with Crippen LogP contribution in [0.15, 0.2) is 0 Å². The Morgan fingerprint density at radius 3 is 1.38 bits per heavy atom. The molecule has 0 heterocycles. The fourth-order valence-corrected chi connectivity index (χ4v) is 0. The van der Waals surface area contributed by atoms with Gasteiger partial charge in [0.25, 0.3) is 0 Å². The van der Waals surface area contributed by atoms with Gasteiger partial charge >= 0.3 is 0 Å². The fraction of sp³-hybridized carbons (Fsp3) is 1.00. The van der Waals surface area contributed by atoms with E-state index >= 15 is 0 Å². The summed E-state index contributed by atoms with van der Waals surface area (Å²) >= 11 is 0. The van der Waals surface area contributed by atoms with Crippen molar-refractivity contribution in [1.29, 1.82) is 0 Å². The number of hydrogen-bond acceptors (Lipinski definition) is 2. The smallest absolute Gasteiger partial charge is 0.0631 e. The van der Waals surface area contributed by atoms with E-state index < -0.39 is 5.66 Å². The first-order valence-electron chi connectivity index (χ1n) is 2.52. The monoisotopic (exact) mass is 138 g/mol. The summed E-state index contributed by atoms with van der Waals surface area (Å²) in [4.78, 5) is 0. The van der Waals surface area contributed by atoms with Crippen molar-refractivity contribution in [1.82, 2.24) is 0 Å². The number of rotatable bonds is 1. The molecule has 0 amide bonds. The Hall–Kier alpha value is 0.210. The molecule has 0 saturated carbocycles. The molecule has 3 heteroatoms. The standard InChI is InChI=1S/C5H14N2.ClH/c1-4(2)5(3,6)7;/h4H,6-7H2,1-3H3;1H. The van der Waals surface area contributed by atoms with E-state index in [4.69, 9.17) is 11.5 Å². The van der Waals surface area contributed by atoms with Crippen LogP contribution >= 0.6 is 12.4 Å². The van der Waals surface area contributed by atoms with Crippen LogP contribution in [-0.2, 0) is 0 Å². The maximum absolute atomic E-state index is 5.46. The molecule has 0 saturated heterocycles. The van der Waals surface area contributed by atoms with Gasteiger partial charge in [-0.25, -0.2) is 0 Å². The average molecular weight is 139 g/mol. The summed E-state index contributed by atoms with van der Waals surface area (Å²) < 4.78 is 0. The zero-order valence-corrected chi connectivity index (χ0v) is 6.46. The minimum absolute atomic E-state index is 0. The molecule has 4 N–H and O–H groups in total. The predicted octanol–water partition coefficient (Wildman–Crippen LogP) is 0.698. The molecule has 0 aliphatic rings. The normalized spacial score (nSPS) is 11.2. The van der Waals surface area contributed by atoms with Crippen molar-refractivity contribution < 1.29 is 0 Å². The largest absolute Gasteiger partial charge is 0.314 e. The lowest BCUT2D eigenvalue weighted by Gasteiger charge is -2.22. The van der Waals surface area contributed by atoms with E-state index in [2.05, 4.69) is 0 Å². The molecule has 0 atom stereocenters. The van der Waals surface area contributed by atoms with Crippen LogP contribution in [0.25, 0.3) is 0 Å². The number of hydrogen-bond donors (Lipinski definition) is 2. The van der Waals surface area contributed by atoms with E-state index in [-0.39, 0.29) is 12.4 Å². The molecule has 8 heavy (non-hydrogen) atoms. The van der Waals surface area contributed by atoms with E-state index in [9.17, 15) is 0 Å². The molecule has 0 fully saturated rings. The van der Waals surface area contributed by atoms with E-state index in [1.807, 2.05) is 20.8 Å². The fourth-order valence-electron chi connectivity index (χ4n) is 0. The molecule has 0 aromatic heterocycles. The van der Waals surface area contributed by atoms with Crippen molar-refractivity contribution in [3.63, 3.8) is 0 Å². The lowest BCUT2D eigenvalue weighted by atomic mass is 10.0. The SMILES string of the molecule is CC(C)C(C)(N)N.Cl. The summed E-state index contributed by atoms with van der Waals surface area (Å²) in [6.07, 6.45) is 0. The van der Waals surface area contributed by atoms with Crippen LogP contribution in [0.1, 0.15) is 20.8 Å². The Bertz CT molecular complexity index is 55.9. The van der Waals surface area contributed by atoms with Crippen molar-refractivity contribution >= 4 is 12.4 Å². The van der Waals surface area contributed by atoms with Crippen LogP contribution in [-0.4, -0.2) is 5.66 Å². The Morgan fingerprint density at radius 1 is 1.25 bits per heavy atom. The van der Waals surface area contributed by atoms with E-state index in [1.165, 1.54) is 0 Å². The van der Waals surface area contributed by atoms with Crippen LogP contribution in [0.4, 0.5) is 0 Å². The van der Waals surface area contributed by atoms with Gasteiger partial charge in [0.2, 0.25) is 0 Å². The summed E-state index contributed by atoms with van der Waals surface area (Å²) in [7, 11) is 0. The van der Waals surface area contributed by atoms with Gasteiger partial charge < -0.3 is 11.5 Å². The topological polar surface area (TPSA) is 52.0 Å². The zero-order valence-electron chi connectivity index (χ0n) is 5.64. The van der Waals surface area contributed by atoms with Crippen LogP contribution in [0.3, 0.4) is 0 Å². The second kappa shape index (κ2) is 3.28. The van der Waals surface area contributed by atoms with E-state index in [0.29, 0.717) is 5.92 Å². The van der Waals surface area contributed by atoms with Crippen molar-refractivity contribution in [2.24, 2.45) is 17.4 Å². The van der Waals surface area contributed by atoms with Gasteiger partial charge in [0.1, 0.15) is 0 Å². The number of halogens is 1. The molecular weight excluding hydrogens is 124 g/mol. The highest BCUT2D eigenvalue weighted by molar-refractivity contribution is 5.85. The molecule has 2 nitrogen and oxygen atoms in total. The molecule has 52 valence electrons. The minimum Gasteiger partial charge on any atom is -0.314 e. The minimum atomic E-state index is -0.500. The summed E-state index contributed by atoms with van der Waals surface area (Å²) in [5.74, 6) is 0.354. The highest BCUT2D eigenvalue weighted by atomic mass is 35.5. The van der Waals surface area contributed by atoms with Crippen molar-refractivity contribution in [2.75, 3.05) is 0 Å².